The lowest BCUT2D eigenvalue weighted by Gasteiger charge is -1.86. The second kappa shape index (κ2) is 4.18. The summed E-state index contributed by atoms with van der Waals surface area (Å²) in [4.78, 5) is 4.36. The van der Waals surface area contributed by atoms with E-state index >= 15 is 0 Å². The fourth-order valence-corrected chi connectivity index (χ4v) is 2.91. The first-order valence-corrected chi connectivity index (χ1v) is 6.03. The maximum Gasteiger partial charge on any atom is 0.152 e. The molecule has 0 atom stereocenters. The molecule has 2 rings (SSSR count). The summed E-state index contributed by atoms with van der Waals surface area (Å²) < 4.78 is 2.03. The number of thiazole rings is 1. The summed E-state index contributed by atoms with van der Waals surface area (Å²) in [6, 6.07) is 7.71. The summed E-state index contributed by atoms with van der Waals surface area (Å²) in [5.74, 6) is 0.438. The van der Waals surface area contributed by atoms with E-state index in [1.807, 2.05) is 18.2 Å². The quantitative estimate of drug-likeness (QED) is 0.753. The number of nitriles is 1. The van der Waals surface area contributed by atoms with E-state index in [0.717, 1.165) is 14.6 Å². The molecule has 0 radical (unpaired) electrons. The summed E-state index contributed by atoms with van der Waals surface area (Å²) >= 11 is 8.88. The van der Waals surface area contributed by atoms with Crippen molar-refractivity contribution in [2.45, 2.75) is 4.34 Å². The number of fused-ring (bicyclic) bond motifs is 1. The Morgan fingerprint density at radius 2 is 2.43 bits per heavy atom. The Balaban J connectivity index is 2.37. The Kier molecular flexibility index (Phi) is 2.92. The zero-order chi connectivity index (χ0) is 9.97. The topological polar surface area (TPSA) is 36.7 Å². The van der Waals surface area contributed by atoms with Gasteiger partial charge in [0.1, 0.15) is 0 Å². The number of benzene rings is 1. The fourth-order valence-electron chi connectivity index (χ4n) is 1.04. The Morgan fingerprint density at radius 3 is 3.21 bits per heavy atom. The molecule has 70 valence electrons. The molecule has 14 heavy (non-hydrogen) atoms. The van der Waals surface area contributed by atoms with Crippen LogP contribution in [0.3, 0.4) is 0 Å². The minimum absolute atomic E-state index is 0.438. The smallest absolute Gasteiger partial charge is 0.152 e. The molecule has 0 aliphatic heterocycles. The molecular weight excluding hydrogens is 236 g/mol. The number of halogens is 1. The zero-order valence-electron chi connectivity index (χ0n) is 7.03. The number of hydrogen-bond acceptors (Lipinski definition) is 4. The van der Waals surface area contributed by atoms with Crippen LogP contribution in [0.25, 0.3) is 10.2 Å². The van der Waals surface area contributed by atoms with Crippen LogP contribution in [0.5, 0.6) is 0 Å². The second-order valence-electron chi connectivity index (χ2n) is 2.54. The van der Waals surface area contributed by atoms with E-state index in [0.29, 0.717) is 10.8 Å². The molecule has 0 unspecified atom stereocenters. The lowest BCUT2D eigenvalue weighted by atomic mass is 10.3. The summed E-state index contributed by atoms with van der Waals surface area (Å²) in [5, 5.41) is 9.13. The van der Waals surface area contributed by atoms with Gasteiger partial charge in [-0.25, -0.2) is 4.98 Å². The van der Waals surface area contributed by atoms with Crippen LogP contribution in [0.2, 0.25) is 5.02 Å². The molecule has 2 nitrogen and oxygen atoms in total. The number of hydrogen-bond donors (Lipinski definition) is 0. The average molecular weight is 241 g/mol. The number of thioether (sulfide) groups is 1. The van der Waals surface area contributed by atoms with E-state index in [-0.39, 0.29) is 0 Å². The molecule has 0 bridgehead atoms. The summed E-state index contributed by atoms with van der Waals surface area (Å²) in [6.45, 7) is 0. The number of rotatable bonds is 2. The molecule has 0 N–H and O–H groups in total. The van der Waals surface area contributed by atoms with Gasteiger partial charge in [0, 0.05) is 5.02 Å². The third-order valence-corrected chi connectivity index (χ3v) is 3.87. The molecule has 0 spiro atoms. The van der Waals surface area contributed by atoms with E-state index < -0.39 is 0 Å². The van der Waals surface area contributed by atoms with Gasteiger partial charge in [-0.2, -0.15) is 5.26 Å². The third-order valence-electron chi connectivity index (χ3n) is 1.59. The van der Waals surface area contributed by atoms with Gasteiger partial charge in [0.15, 0.2) is 4.34 Å². The normalized spacial score (nSPS) is 10.3. The van der Waals surface area contributed by atoms with Crippen molar-refractivity contribution in [3.8, 4) is 6.07 Å². The van der Waals surface area contributed by atoms with Gasteiger partial charge in [-0.3, -0.25) is 0 Å². The van der Waals surface area contributed by atoms with E-state index in [9.17, 15) is 0 Å². The fraction of sp³-hybridized carbons (Fsp3) is 0.111. The van der Waals surface area contributed by atoms with Crippen molar-refractivity contribution < 1.29 is 0 Å². The van der Waals surface area contributed by atoms with Crippen LogP contribution in [-0.4, -0.2) is 10.7 Å². The average Bonchev–Trinajstić information content (AvgIpc) is 2.56. The Bertz CT molecular complexity index is 501. The van der Waals surface area contributed by atoms with Crippen molar-refractivity contribution in [3.63, 3.8) is 0 Å². The highest BCUT2D eigenvalue weighted by Crippen LogP contribution is 2.30. The van der Waals surface area contributed by atoms with Gasteiger partial charge in [0.2, 0.25) is 0 Å². The minimum atomic E-state index is 0.438. The number of aromatic nitrogens is 1. The van der Waals surface area contributed by atoms with Gasteiger partial charge < -0.3 is 0 Å². The van der Waals surface area contributed by atoms with Crippen LogP contribution in [0.15, 0.2) is 22.5 Å². The first-order valence-electron chi connectivity index (χ1n) is 3.85. The monoisotopic (exact) mass is 240 g/mol. The molecular formula is C9H5ClN2S2. The van der Waals surface area contributed by atoms with Crippen LogP contribution < -0.4 is 0 Å². The van der Waals surface area contributed by atoms with Gasteiger partial charge in [0.05, 0.1) is 22.0 Å². The second-order valence-corrected chi connectivity index (χ2v) is 5.23. The first kappa shape index (κ1) is 9.78. The predicted molar refractivity (Wildman–Crippen MR) is 61.0 cm³/mol. The maximum absolute atomic E-state index is 8.43. The standard InChI is InChI=1S/C9H5ClN2S2/c10-6-1-2-8-7(5-6)12-9(14-8)13-4-3-11/h1-2,5H,4H2. The SMILES string of the molecule is N#CCSc1nc2cc(Cl)ccc2s1. The molecule has 1 aromatic carbocycles. The third kappa shape index (κ3) is 2.01. The zero-order valence-corrected chi connectivity index (χ0v) is 9.42. The van der Waals surface area contributed by atoms with Gasteiger partial charge in [-0.15, -0.1) is 11.3 Å². The highest BCUT2D eigenvalue weighted by Gasteiger charge is 2.03. The van der Waals surface area contributed by atoms with Gasteiger partial charge in [-0.05, 0) is 18.2 Å². The molecule has 1 aromatic heterocycles. The molecule has 0 saturated carbocycles. The van der Waals surface area contributed by atoms with Crippen LogP contribution in [0, 0.1) is 11.3 Å². The van der Waals surface area contributed by atoms with Crippen molar-refractivity contribution in [1.82, 2.24) is 4.98 Å². The minimum Gasteiger partial charge on any atom is -0.230 e. The maximum atomic E-state index is 8.43. The highest BCUT2D eigenvalue weighted by molar-refractivity contribution is 8.01. The summed E-state index contributed by atoms with van der Waals surface area (Å²) in [5.41, 5.74) is 0.905. The molecule has 0 saturated heterocycles. The Morgan fingerprint density at radius 1 is 1.57 bits per heavy atom. The molecule has 2 aromatic rings. The van der Waals surface area contributed by atoms with Crippen LogP contribution in [-0.2, 0) is 0 Å². The van der Waals surface area contributed by atoms with Crippen molar-refractivity contribution in [3.05, 3.63) is 23.2 Å². The lowest BCUT2D eigenvalue weighted by molar-refractivity contribution is 1.30. The van der Waals surface area contributed by atoms with E-state index in [1.165, 1.54) is 11.8 Å². The molecule has 0 aliphatic rings. The highest BCUT2D eigenvalue weighted by atomic mass is 35.5. The number of nitrogens with zero attached hydrogens (tertiary/aromatic N) is 2. The summed E-state index contributed by atoms with van der Waals surface area (Å²) in [6.07, 6.45) is 0. The van der Waals surface area contributed by atoms with Crippen LogP contribution in [0.1, 0.15) is 0 Å². The van der Waals surface area contributed by atoms with E-state index in [4.69, 9.17) is 16.9 Å². The van der Waals surface area contributed by atoms with Crippen molar-refractivity contribution >= 4 is 44.9 Å². The molecule has 0 aliphatic carbocycles. The summed E-state index contributed by atoms with van der Waals surface area (Å²) in [7, 11) is 0. The molecule has 0 amide bonds. The van der Waals surface area contributed by atoms with Crippen molar-refractivity contribution in [1.29, 1.82) is 5.26 Å². The van der Waals surface area contributed by atoms with Gasteiger partial charge in [-0.1, -0.05) is 23.4 Å². The van der Waals surface area contributed by atoms with Crippen LogP contribution in [0.4, 0.5) is 0 Å². The largest absolute Gasteiger partial charge is 0.230 e. The predicted octanol–water partition coefficient (Wildman–Crippen LogP) is 3.57. The Labute approximate surface area is 94.5 Å². The molecule has 1 heterocycles. The first-order chi connectivity index (χ1) is 6.79. The molecule has 5 heteroatoms. The van der Waals surface area contributed by atoms with Crippen molar-refractivity contribution in [2.24, 2.45) is 0 Å². The van der Waals surface area contributed by atoms with E-state index in [2.05, 4.69) is 11.1 Å². The molecule has 0 fully saturated rings. The van der Waals surface area contributed by atoms with Gasteiger partial charge >= 0.3 is 0 Å². The van der Waals surface area contributed by atoms with E-state index in [1.54, 1.807) is 11.3 Å². The van der Waals surface area contributed by atoms with Crippen LogP contribution >= 0.6 is 34.7 Å². The van der Waals surface area contributed by atoms with Gasteiger partial charge in [0.25, 0.3) is 0 Å². The Hall–Kier alpha value is -0.760. The lowest BCUT2D eigenvalue weighted by Crippen LogP contribution is -1.71. The van der Waals surface area contributed by atoms with Crippen molar-refractivity contribution in [2.75, 3.05) is 5.75 Å².